The first-order chi connectivity index (χ1) is 6.24. The fraction of sp³-hybridized carbons (Fsp3) is 0.889. The highest BCUT2D eigenvalue weighted by Crippen LogP contribution is 2.29. The maximum absolute atomic E-state index is 11.0. The molecule has 13 heavy (non-hydrogen) atoms. The molecule has 0 spiro atoms. The molecule has 0 aliphatic heterocycles. The zero-order valence-electron chi connectivity index (χ0n) is 7.86. The monoisotopic (exact) mass is 204 g/mol. The van der Waals surface area contributed by atoms with Crippen molar-refractivity contribution in [2.45, 2.75) is 37.5 Å². The summed E-state index contributed by atoms with van der Waals surface area (Å²) in [5.41, 5.74) is 0. The lowest BCUT2D eigenvalue weighted by Gasteiger charge is -2.12. The topological polar surface area (TPSA) is 46.5 Å². The molecular weight excluding hydrogens is 188 g/mol. The van der Waals surface area contributed by atoms with Crippen LogP contribution >= 0.6 is 11.8 Å². The largest absolute Gasteiger partial charge is 0.465 e. The Balaban J connectivity index is 2.14. The molecule has 1 aliphatic rings. The summed E-state index contributed by atoms with van der Waals surface area (Å²) in [5, 5.41) is 9.70. The Kier molecular flexibility index (Phi) is 4.59. The molecule has 4 heteroatoms. The SMILES string of the molecule is CCOC(=O)CSC1CCCC1O. The maximum Gasteiger partial charge on any atom is 0.315 e. The third-order valence-electron chi connectivity index (χ3n) is 2.14. The fourth-order valence-electron chi connectivity index (χ4n) is 1.48. The standard InChI is InChI=1S/C9H16O3S/c1-2-12-9(11)6-13-8-5-3-4-7(8)10/h7-8,10H,2-6H2,1H3. The predicted octanol–water partition coefficient (Wildman–Crippen LogP) is 1.20. The van der Waals surface area contributed by atoms with E-state index in [2.05, 4.69) is 0 Å². The van der Waals surface area contributed by atoms with Gasteiger partial charge in [-0.25, -0.2) is 0 Å². The zero-order chi connectivity index (χ0) is 9.68. The second-order valence-electron chi connectivity index (χ2n) is 3.15. The number of aliphatic hydroxyl groups is 1. The molecule has 1 rings (SSSR count). The third kappa shape index (κ3) is 3.56. The lowest BCUT2D eigenvalue weighted by atomic mass is 10.3. The van der Waals surface area contributed by atoms with Gasteiger partial charge in [0.2, 0.25) is 0 Å². The first-order valence-corrected chi connectivity index (χ1v) is 5.74. The number of aliphatic hydroxyl groups excluding tert-OH is 1. The lowest BCUT2D eigenvalue weighted by Crippen LogP contribution is -2.18. The van der Waals surface area contributed by atoms with Crippen LogP contribution in [0.2, 0.25) is 0 Å². The average Bonchev–Trinajstić information content (AvgIpc) is 2.48. The number of hydrogen-bond donors (Lipinski definition) is 1. The molecule has 2 atom stereocenters. The highest BCUT2D eigenvalue weighted by atomic mass is 32.2. The summed E-state index contributed by atoms with van der Waals surface area (Å²) in [5.74, 6) is 0.196. The van der Waals surface area contributed by atoms with Gasteiger partial charge in [0.1, 0.15) is 0 Å². The Bertz CT molecular complexity index is 172. The summed E-state index contributed by atoms with van der Waals surface area (Å²) in [6.07, 6.45) is 2.74. The van der Waals surface area contributed by atoms with Gasteiger partial charge < -0.3 is 9.84 Å². The Labute approximate surface area is 82.8 Å². The lowest BCUT2D eigenvalue weighted by molar-refractivity contribution is -0.139. The summed E-state index contributed by atoms with van der Waals surface area (Å²) in [7, 11) is 0. The van der Waals surface area contributed by atoms with Crippen LogP contribution in [-0.4, -0.2) is 34.8 Å². The first-order valence-electron chi connectivity index (χ1n) is 4.69. The molecule has 0 radical (unpaired) electrons. The zero-order valence-corrected chi connectivity index (χ0v) is 8.68. The summed E-state index contributed by atoms with van der Waals surface area (Å²) >= 11 is 1.52. The van der Waals surface area contributed by atoms with Crippen LogP contribution in [0.3, 0.4) is 0 Å². The van der Waals surface area contributed by atoms with Crippen LogP contribution in [-0.2, 0) is 9.53 Å². The van der Waals surface area contributed by atoms with Crippen LogP contribution in [0.1, 0.15) is 26.2 Å². The van der Waals surface area contributed by atoms with Crippen molar-refractivity contribution in [3.8, 4) is 0 Å². The molecule has 1 N–H and O–H groups in total. The summed E-state index contributed by atoms with van der Waals surface area (Å²) in [4.78, 5) is 11.0. The Hall–Kier alpha value is -0.220. The molecule has 0 aromatic carbocycles. The van der Waals surface area contributed by atoms with Crippen molar-refractivity contribution in [3.63, 3.8) is 0 Å². The van der Waals surface area contributed by atoms with E-state index >= 15 is 0 Å². The summed E-state index contributed by atoms with van der Waals surface area (Å²) in [6.45, 7) is 2.24. The maximum atomic E-state index is 11.0. The number of carbonyl (C=O) groups excluding carboxylic acids is 1. The second-order valence-corrected chi connectivity index (χ2v) is 4.38. The molecule has 0 aromatic rings. The number of ether oxygens (including phenoxy) is 1. The van der Waals surface area contributed by atoms with E-state index in [1.165, 1.54) is 11.8 Å². The summed E-state index contributed by atoms with van der Waals surface area (Å²) in [6, 6.07) is 0. The van der Waals surface area contributed by atoms with Crippen molar-refractivity contribution < 1.29 is 14.6 Å². The van der Waals surface area contributed by atoms with Crippen LogP contribution in [0.15, 0.2) is 0 Å². The van der Waals surface area contributed by atoms with Gasteiger partial charge in [0.05, 0.1) is 18.5 Å². The van der Waals surface area contributed by atoms with Gasteiger partial charge in [0.15, 0.2) is 0 Å². The van der Waals surface area contributed by atoms with Crippen molar-refractivity contribution in [1.82, 2.24) is 0 Å². The van der Waals surface area contributed by atoms with E-state index < -0.39 is 0 Å². The number of thioether (sulfide) groups is 1. The second kappa shape index (κ2) is 5.50. The van der Waals surface area contributed by atoms with E-state index in [1.807, 2.05) is 0 Å². The van der Waals surface area contributed by atoms with Gasteiger partial charge in [0, 0.05) is 5.25 Å². The quantitative estimate of drug-likeness (QED) is 0.699. The molecule has 0 bridgehead atoms. The van der Waals surface area contributed by atoms with Crippen LogP contribution in [0.5, 0.6) is 0 Å². The minimum absolute atomic E-state index is 0.174. The highest BCUT2D eigenvalue weighted by molar-refractivity contribution is 8.00. The van der Waals surface area contributed by atoms with E-state index in [1.54, 1.807) is 6.92 Å². The van der Waals surface area contributed by atoms with Gasteiger partial charge >= 0.3 is 5.97 Å². The molecule has 76 valence electrons. The van der Waals surface area contributed by atoms with E-state index in [0.29, 0.717) is 12.4 Å². The Morgan fingerprint density at radius 1 is 1.62 bits per heavy atom. The minimum atomic E-state index is -0.223. The third-order valence-corrected chi connectivity index (χ3v) is 3.52. The molecule has 1 saturated carbocycles. The molecule has 1 aliphatic carbocycles. The fourth-order valence-corrected chi connectivity index (χ4v) is 2.60. The van der Waals surface area contributed by atoms with Gasteiger partial charge in [-0.2, -0.15) is 0 Å². The number of carbonyl (C=O) groups is 1. The molecular formula is C9H16O3S. The average molecular weight is 204 g/mol. The van der Waals surface area contributed by atoms with Gasteiger partial charge in [-0.1, -0.05) is 0 Å². The van der Waals surface area contributed by atoms with Gasteiger partial charge in [0.25, 0.3) is 0 Å². The molecule has 0 heterocycles. The van der Waals surface area contributed by atoms with Gasteiger partial charge in [-0.15, -0.1) is 11.8 Å². The number of esters is 1. The highest BCUT2D eigenvalue weighted by Gasteiger charge is 2.26. The first kappa shape index (κ1) is 10.9. The van der Waals surface area contributed by atoms with Crippen molar-refractivity contribution >= 4 is 17.7 Å². The van der Waals surface area contributed by atoms with E-state index in [0.717, 1.165) is 19.3 Å². The van der Waals surface area contributed by atoms with E-state index in [-0.39, 0.29) is 17.3 Å². The van der Waals surface area contributed by atoms with Crippen LogP contribution in [0, 0.1) is 0 Å². The van der Waals surface area contributed by atoms with Gasteiger partial charge in [-0.3, -0.25) is 4.79 Å². The molecule has 1 fully saturated rings. The molecule has 3 nitrogen and oxygen atoms in total. The van der Waals surface area contributed by atoms with Crippen molar-refractivity contribution in [1.29, 1.82) is 0 Å². The van der Waals surface area contributed by atoms with E-state index in [9.17, 15) is 9.90 Å². The van der Waals surface area contributed by atoms with Crippen molar-refractivity contribution in [2.75, 3.05) is 12.4 Å². The Morgan fingerprint density at radius 3 is 2.92 bits per heavy atom. The molecule has 0 amide bonds. The molecule has 2 unspecified atom stereocenters. The molecule has 0 saturated heterocycles. The predicted molar refractivity (Wildman–Crippen MR) is 52.7 cm³/mol. The smallest absolute Gasteiger partial charge is 0.315 e. The van der Waals surface area contributed by atoms with Gasteiger partial charge in [-0.05, 0) is 26.2 Å². The number of rotatable bonds is 4. The normalized spacial score (nSPS) is 27.5. The Morgan fingerprint density at radius 2 is 2.38 bits per heavy atom. The van der Waals surface area contributed by atoms with Crippen LogP contribution < -0.4 is 0 Å². The number of hydrogen-bond acceptors (Lipinski definition) is 4. The summed E-state index contributed by atoms with van der Waals surface area (Å²) < 4.78 is 4.80. The van der Waals surface area contributed by atoms with Crippen molar-refractivity contribution in [2.24, 2.45) is 0 Å². The minimum Gasteiger partial charge on any atom is -0.465 e. The van der Waals surface area contributed by atoms with Crippen LogP contribution in [0.4, 0.5) is 0 Å². The van der Waals surface area contributed by atoms with Crippen LogP contribution in [0.25, 0.3) is 0 Å². The van der Waals surface area contributed by atoms with Crippen molar-refractivity contribution in [3.05, 3.63) is 0 Å². The van der Waals surface area contributed by atoms with E-state index in [4.69, 9.17) is 4.74 Å². The molecule has 0 aromatic heterocycles.